The van der Waals surface area contributed by atoms with E-state index in [-0.39, 0.29) is 5.97 Å². The van der Waals surface area contributed by atoms with E-state index >= 15 is 0 Å². The summed E-state index contributed by atoms with van der Waals surface area (Å²) in [5, 5.41) is 0. The van der Waals surface area contributed by atoms with E-state index in [0.717, 1.165) is 28.1 Å². The Labute approximate surface area is 122 Å². The number of hydrogen-bond acceptors (Lipinski definition) is 4. The molecule has 0 radical (unpaired) electrons. The van der Waals surface area contributed by atoms with Crippen molar-refractivity contribution in [2.24, 2.45) is 7.05 Å². The molecule has 0 saturated heterocycles. The second-order valence-electron chi connectivity index (χ2n) is 4.86. The smallest absolute Gasteiger partial charge is 0.338 e. The Balaban J connectivity index is 2.23. The van der Waals surface area contributed by atoms with Crippen LogP contribution < -0.4 is 0 Å². The first-order valence-corrected chi connectivity index (χ1v) is 6.58. The number of ether oxygens (including phenoxy) is 1. The van der Waals surface area contributed by atoms with E-state index in [1.165, 1.54) is 7.11 Å². The van der Waals surface area contributed by atoms with Gasteiger partial charge in [0, 0.05) is 13.2 Å². The SMILES string of the molecule is COC(=O)c1cc2nc(-c3ccccn3)n(C)c2cc1C. The van der Waals surface area contributed by atoms with Gasteiger partial charge in [-0.25, -0.2) is 9.78 Å². The molecule has 0 aliphatic carbocycles. The number of esters is 1. The molecular weight excluding hydrogens is 266 g/mol. The van der Waals surface area contributed by atoms with Crippen molar-refractivity contribution >= 4 is 17.0 Å². The number of carbonyl (C=O) groups is 1. The van der Waals surface area contributed by atoms with Crippen molar-refractivity contribution in [1.29, 1.82) is 0 Å². The molecule has 21 heavy (non-hydrogen) atoms. The minimum Gasteiger partial charge on any atom is -0.465 e. The standard InChI is InChI=1S/C16H15N3O2/c1-10-8-14-13(9-11(10)16(20)21-3)18-15(19(14)2)12-6-4-5-7-17-12/h4-9H,1-3H3. The highest BCUT2D eigenvalue weighted by Gasteiger charge is 2.16. The molecule has 1 aromatic carbocycles. The quantitative estimate of drug-likeness (QED) is 0.678. The summed E-state index contributed by atoms with van der Waals surface area (Å²) in [6.07, 6.45) is 1.74. The van der Waals surface area contributed by atoms with Crippen LogP contribution in [0, 0.1) is 6.92 Å². The number of hydrogen-bond donors (Lipinski definition) is 0. The van der Waals surface area contributed by atoms with E-state index in [4.69, 9.17) is 4.74 Å². The van der Waals surface area contributed by atoms with Crippen molar-refractivity contribution in [1.82, 2.24) is 14.5 Å². The molecule has 3 rings (SSSR count). The van der Waals surface area contributed by atoms with Crippen LogP contribution in [0.5, 0.6) is 0 Å². The Morgan fingerprint density at radius 2 is 2.10 bits per heavy atom. The number of pyridine rings is 1. The number of aromatic nitrogens is 3. The molecule has 2 heterocycles. The molecule has 0 N–H and O–H groups in total. The topological polar surface area (TPSA) is 57.0 Å². The predicted molar refractivity (Wildman–Crippen MR) is 80.0 cm³/mol. The summed E-state index contributed by atoms with van der Waals surface area (Å²) in [7, 11) is 3.32. The van der Waals surface area contributed by atoms with Crippen LogP contribution >= 0.6 is 0 Å². The zero-order valence-electron chi connectivity index (χ0n) is 12.1. The summed E-state index contributed by atoms with van der Waals surface area (Å²) >= 11 is 0. The van der Waals surface area contributed by atoms with E-state index in [1.807, 2.05) is 42.8 Å². The van der Waals surface area contributed by atoms with E-state index in [1.54, 1.807) is 12.3 Å². The molecule has 0 aliphatic heterocycles. The zero-order valence-corrected chi connectivity index (χ0v) is 12.1. The fourth-order valence-electron chi connectivity index (χ4n) is 2.40. The molecule has 106 valence electrons. The van der Waals surface area contributed by atoms with Crippen LogP contribution in [0.15, 0.2) is 36.5 Å². The summed E-state index contributed by atoms with van der Waals surface area (Å²) in [5.74, 6) is 0.423. The third-order valence-electron chi connectivity index (χ3n) is 3.53. The lowest BCUT2D eigenvalue weighted by atomic mass is 10.1. The maximum absolute atomic E-state index is 11.8. The van der Waals surface area contributed by atoms with Crippen molar-refractivity contribution in [3.05, 3.63) is 47.7 Å². The molecule has 3 aromatic rings. The van der Waals surface area contributed by atoms with Crippen LogP contribution in [0.3, 0.4) is 0 Å². The molecular formula is C16H15N3O2. The van der Waals surface area contributed by atoms with Crippen LogP contribution in [-0.4, -0.2) is 27.6 Å². The summed E-state index contributed by atoms with van der Waals surface area (Å²) in [6.45, 7) is 1.89. The highest BCUT2D eigenvalue weighted by molar-refractivity contribution is 5.96. The van der Waals surface area contributed by atoms with Crippen LogP contribution in [0.1, 0.15) is 15.9 Å². The average Bonchev–Trinajstić information content (AvgIpc) is 2.83. The van der Waals surface area contributed by atoms with Gasteiger partial charge >= 0.3 is 5.97 Å². The van der Waals surface area contributed by atoms with Crippen LogP contribution in [0.25, 0.3) is 22.6 Å². The van der Waals surface area contributed by atoms with E-state index in [0.29, 0.717) is 5.56 Å². The van der Waals surface area contributed by atoms with Gasteiger partial charge in [-0.2, -0.15) is 0 Å². The normalized spacial score (nSPS) is 10.8. The van der Waals surface area contributed by atoms with Gasteiger partial charge in [0.1, 0.15) is 5.69 Å². The molecule has 0 aliphatic rings. The number of aryl methyl sites for hydroxylation is 2. The minimum absolute atomic E-state index is 0.348. The van der Waals surface area contributed by atoms with E-state index < -0.39 is 0 Å². The number of methoxy groups -OCH3 is 1. The predicted octanol–water partition coefficient (Wildman–Crippen LogP) is 2.73. The molecule has 5 nitrogen and oxygen atoms in total. The maximum Gasteiger partial charge on any atom is 0.338 e. The third-order valence-corrected chi connectivity index (χ3v) is 3.53. The first-order chi connectivity index (χ1) is 10.1. The van der Waals surface area contributed by atoms with Crippen molar-refractivity contribution in [3.8, 4) is 11.5 Å². The van der Waals surface area contributed by atoms with Crippen molar-refractivity contribution in [3.63, 3.8) is 0 Å². The molecule has 0 atom stereocenters. The van der Waals surface area contributed by atoms with Crippen molar-refractivity contribution in [2.45, 2.75) is 6.92 Å². The van der Waals surface area contributed by atoms with Crippen molar-refractivity contribution in [2.75, 3.05) is 7.11 Å². The number of nitrogens with zero attached hydrogens (tertiary/aromatic N) is 3. The van der Waals surface area contributed by atoms with Gasteiger partial charge in [-0.3, -0.25) is 4.98 Å². The summed E-state index contributed by atoms with van der Waals surface area (Å²) in [6, 6.07) is 9.41. The molecule has 2 aromatic heterocycles. The van der Waals surface area contributed by atoms with Gasteiger partial charge in [-0.15, -0.1) is 0 Å². The summed E-state index contributed by atoms with van der Waals surface area (Å²) < 4.78 is 6.78. The first-order valence-electron chi connectivity index (χ1n) is 6.58. The van der Waals surface area contributed by atoms with Gasteiger partial charge in [0.15, 0.2) is 5.82 Å². The molecule has 0 unspecified atom stereocenters. The zero-order chi connectivity index (χ0) is 15.0. The van der Waals surface area contributed by atoms with Gasteiger partial charge in [-0.1, -0.05) is 6.07 Å². The van der Waals surface area contributed by atoms with Gasteiger partial charge in [-0.05, 0) is 36.8 Å². The fourth-order valence-corrected chi connectivity index (χ4v) is 2.40. The molecule has 0 spiro atoms. The molecule has 0 saturated carbocycles. The van der Waals surface area contributed by atoms with Crippen LogP contribution in [0.4, 0.5) is 0 Å². The largest absolute Gasteiger partial charge is 0.465 e. The number of fused-ring (bicyclic) bond motifs is 1. The van der Waals surface area contributed by atoms with Gasteiger partial charge < -0.3 is 9.30 Å². The Hall–Kier alpha value is -2.69. The highest BCUT2D eigenvalue weighted by atomic mass is 16.5. The average molecular weight is 281 g/mol. The highest BCUT2D eigenvalue weighted by Crippen LogP contribution is 2.25. The maximum atomic E-state index is 11.8. The Morgan fingerprint density at radius 3 is 2.76 bits per heavy atom. The van der Waals surface area contributed by atoms with E-state index in [2.05, 4.69) is 9.97 Å². The first kappa shape index (κ1) is 13.3. The molecule has 0 bridgehead atoms. The second kappa shape index (κ2) is 5.01. The van der Waals surface area contributed by atoms with Gasteiger partial charge in [0.2, 0.25) is 0 Å². The molecule has 5 heteroatoms. The third kappa shape index (κ3) is 2.16. The number of carbonyl (C=O) groups excluding carboxylic acids is 1. The number of imidazole rings is 1. The number of rotatable bonds is 2. The summed E-state index contributed by atoms with van der Waals surface area (Å²) in [5.41, 5.74) is 3.92. The van der Waals surface area contributed by atoms with Crippen LogP contribution in [0.2, 0.25) is 0 Å². The van der Waals surface area contributed by atoms with Crippen molar-refractivity contribution < 1.29 is 9.53 Å². The second-order valence-corrected chi connectivity index (χ2v) is 4.86. The monoisotopic (exact) mass is 281 g/mol. The lowest BCUT2D eigenvalue weighted by Crippen LogP contribution is -2.03. The lowest BCUT2D eigenvalue weighted by Gasteiger charge is -2.04. The Kier molecular flexibility index (Phi) is 3.17. The Bertz CT molecular complexity index is 822. The van der Waals surface area contributed by atoms with Gasteiger partial charge in [0.25, 0.3) is 0 Å². The van der Waals surface area contributed by atoms with Crippen LogP contribution in [-0.2, 0) is 11.8 Å². The summed E-state index contributed by atoms with van der Waals surface area (Å²) in [4.78, 5) is 20.7. The lowest BCUT2D eigenvalue weighted by molar-refractivity contribution is 0.0600. The Morgan fingerprint density at radius 1 is 1.29 bits per heavy atom. The molecule has 0 amide bonds. The van der Waals surface area contributed by atoms with Gasteiger partial charge in [0.05, 0.1) is 23.7 Å². The number of benzene rings is 1. The minimum atomic E-state index is -0.348. The van der Waals surface area contributed by atoms with E-state index in [9.17, 15) is 4.79 Å². The fraction of sp³-hybridized carbons (Fsp3) is 0.188. The molecule has 0 fully saturated rings.